The Morgan fingerprint density at radius 2 is 1.81 bits per heavy atom. The van der Waals surface area contributed by atoms with Crippen LogP contribution < -0.4 is 5.32 Å². The van der Waals surface area contributed by atoms with E-state index in [-0.39, 0.29) is 11.9 Å². The summed E-state index contributed by atoms with van der Waals surface area (Å²) in [7, 11) is 0. The molecule has 0 amide bonds. The number of anilines is 1. The molecule has 3 rings (SSSR count). The third kappa shape index (κ3) is 2.91. The van der Waals surface area contributed by atoms with Crippen molar-refractivity contribution in [2.24, 2.45) is 0 Å². The zero-order chi connectivity index (χ0) is 14.8. The van der Waals surface area contributed by atoms with Gasteiger partial charge in [0.25, 0.3) is 0 Å². The maximum atomic E-state index is 12.9. The lowest BCUT2D eigenvalue weighted by atomic mass is 10.2. The second-order valence-corrected chi connectivity index (χ2v) is 4.84. The van der Waals surface area contributed by atoms with Gasteiger partial charge in [0.1, 0.15) is 11.3 Å². The van der Waals surface area contributed by atoms with Crippen LogP contribution in [-0.4, -0.2) is 31.2 Å². The van der Waals surface area contributed by atoms with Crippen LogP contribution in [0, 0.1) is 5.82 Å². The standard InChI is InChI=1S/C14H13FN6/c1-8(2)17-14-16-7-11-13(19-14)21-20-12(18-11)9-3-5-10(15)6-4-9/h3-8H,1-2H3,(H,16,17,19,21). The van der Waals surface area contributed by atoms with Crippen molar-refractivity contribution < 1.29 is 4.39 Å². The zero-order valence-corrected chi connectivity index (χ0v) is 11.6. The minimum absolute atomic E-state index is 0.224. The van der Waals surface area contributed by atoms with E-state index in [4.69, 9.17) is 0 Å². The van der Waals surface area contributed by atoms with Crippen molar-refractivity contribution in [3.63, 3.8) is 0 Å². The Labute approximate surface area is 120 Å². The SMILES string of the molecule is CC(C)Nc1ncc2nc(-c3ccc(F)cc3)nnc2n1. The molecule has 0 spiro atoms. The van der Waals surface area contributed by atoms with Crippen molar-refractivity contribution in [1.29, 1.82) is 0 Å². The Balaban J connectivity index is 1.99. The second kappa shape index (κ2) is 5.35. The van der Waals surface area contributed by atoms with Gasteiger partial charge in [-0.3, -0.25) is 0 Å². The lowest BCUT2D eigenvalue weighted by molar-refractivity contribution is 0.628. The van der Waals surface area contributed by atoms with E-state index in [0.717, 1.165) is 0 Å². The monoisotopic (exact) mass is 284 g/mol. The van der Waals surface area contributed by atoms with Crippen LogP contribution in [0.2, 0.25) is 0 Å². The highest BCUT2D eigenvalue weighted by atomic mass is 19.1. The first-order chi connectivity index (χ1) is 10.1. The van der Waals surface area contributed by atoms with Crippen LogP contribution in [0.15, 0.2) is 30.5 Å². The topological polar surface area (TPSA) is 76.5 Å². The van der Waals surface area contributed by atoms with Gasteiger partial charge in [0.15, 0.2) is 5.82 Å². The molecule has 21 heavy (non-hydrogen) atoms. The molecule has 1 N–H and O–H groups in total. The van der Waals surface area contributed by atoms with E-state index < -0.39 is 0 Å². The molecule has 0 aliphatic rings. The number of fused-ring (bicyclic) bond motifs is 1. The van der Waals surface area contributed by atoms with Gasteiger partial charge in [0.2, 0.25) is 11.6 Å². The third-order valence-electron chi connectivity index (χ3n) is 2.74. The highest BCUT2D eigenvalue weighted by Gasteiger charge is 2.08. The van der Waals surface area contributed by atoms with Crippen molar-refractivity contribution in [3.8, 4) is 11.4 Å². The van der Waals surface area contributed by atoms with Gasteiger partial charge in [-0.05, 0) is 38.1 Å². The van der Waals surface area contributed by atoms with Gasteiger partial charge in [-0.15, -0.1) is 10.2 Å². The van der Waals surface area contributed by atoms with E-state index in [1.165, 1.54) is 12.1 Å². The van der Waals surface area contributed by atoms with E-state index in [0.29, 0.717) is 28.5 Å². The summed E-state index contributed by atoms with van der Waals surface area (Å²) in [6.45, 7) is 3.99. The van der Waals surface area contributed by atoms with Crippen molar-refractivity contribution in [2.45, 2.75) is 19.9 Å². The average Bonchev–Trinajstić information content (AvgIpc) is 2.47. The van der Waals surface area contributed by atoms with Crippen LogP contribution in [0.3, 0.4) is 0 Å². The summed E-state index contributed by atoms with van der Waals surface area (Å²) >= 11 is 0. The van der Waals surface area contributed by atoms with Crippen LogP contribution in [0.25, 0.3) is 22.6 Å². The van der Waals surface area contributed by atoms with Crippen molar-refractivity contribution >= 4 is 17.1 Å². The van der Waals surface area contributed by atoms with Crippen LogP contribution in [0.4, 0.5) is 10.3 Å². The number of nitrogens with zero attached hydrogens (tertiary/aromatic N) is 5. The molecular weight excluding hydrogens is 271 g/mol. The molecule has 0 unspecified atom stereocenters. The van der Waals surface area contributed by atoms with E-state index in [1.54, 1.807) is 18.3 Å². The number of rotatable bonds is 3. The summed E-state index contributed by atoms with van der Waals surface area (Å²) in [5.41, 5.74) is 1.65. The Hall–Kier alpha value is -2.70. The molecule has 0 fully saturated rings. The van der Waals surface area contributed by atoms with Gasteiger partial charge in [-0.2, -0.15) is 4.98 Å². The quantitative estimate of drug-likeness (QED) is 0.796. The lowest BCUT2D eigenvalue weighted by Crippen LogP contribution is -2.12. The summed E-state index contributed by atoms with van der Waals surface area (Å²) in [5.74, 6) is 0.596. The number of hydrogen-bond acceptors (Lipinski definition) is 6. The van der Waals surface area contributed by atoms with E-state index >= 15 is 0 Å². The summed E-state index contributed by atoms with van der Waals surface area (Å²) in [6.07, 6.45) is 1.59. The normalized spacial score (nSPS) is 11.0. The third-order valence-corrected chi connectivity index (χ3v) is 2.74. The number of nitrogens with one attached hydrogen (secondary N) is 1. The van der Waals surface area contributed by atoms with E-state index in [1.807, 2.05) is 13.8 Å². The summed E-state index contributed by atoms with van der Waals surface area (Å²) in [6, 6.07) is 6.15. The molecular formula is C14H13FN6. The Bertz CT molecular complexity index is 772. The van der Waals surface area contributed by atoms with Crippen LogP contribution in [0.1, 0.15) is 13.8 Å². The first-order valence-electron chi connectivity index (χ1n) is 6.52. The van der Waals surface area contributed by atoms with Gasteiger partial charge in [0.05, 0.1) is 6.20 Å². The van der Waals surface area contributed by atoms with Crippen LogP contribution >= 0.6 is 0 Å². The summed E-state index contributed by atoms with van der Waals surface area (Å²) in [4.78, 5) is 12.8. The second-order valence-electron chi connectivity index (χ2n) is 4.84. The molecule has 3 aromatic rings. The van der Waals surface area contributed by atoms with Gasteiger partial charge < -0.3 is 5.32 Å². The van der Waals surface area contributed by atoms with E-state index in [9.17, 15) is 4.39 Å². The molecule has 0 aliphatic carbocycles. The molecule has 7 heteroatoms. The number of aromatic nitrogens is 5. The Kier molecular flexibility index (Phi) is 3.39. The van der Waals surface area contributed by atoms with Crippen molar-refractivity contribution in [2.75, 3.05) is 5.32 Å². The number of benzene rings is 1. The van der Waals surface area contributed by atoms with Gasteiger partial charge in [-0.25, -0.2) is 14.4 Å². The fraction of sp³-hybridized carbons (Fsp3) is 0.214. The molecule has 2 aromatic heterocycles. The molecule has 2 heterocycles. The molecule has 0 saturated heterocycles. The highest BCUT2D eigenvalue weighted by molar-refractivity contribution is 5.71. The Morgan fingerprint density at radius 3 is 2.52 bits per heavy atom. The largest absolute Gasteiger partial charge is 0.352 e. The summed E-state index contributed by atoms with van der Waals surface area (Å²) in [5, 5.41) is 11.2. The van der Waals surface area contributed by atoms with Crippen LogP contribution in [-0.2, 0) is 0 Å². The van der Waals surface area contributed by atoms with Crippen molar-refractivity contribution in [3.05, 3.63) is 36.3 Å². The predicted molar refractivity (Wildman–Crippen MR) is 77.1 cm³/mol. The first kappa shape index (κ1) is 13.3. The first-order valence-corrected chi connectivity index (χ1v) is 6.52. The minimum Gasteiger partial charge on any atom is -0.352 e. The molecule has 0 atom stereocenters. The number of halogens is 1. The molecule has 0 bridgehead atoms. The highest BCUT2D eigenvalue weighted by Crippen LogP contribution is 2.16. The average molecular weight is 284 g/mol. The van der Waals surface area contributed by atoms with Crippen molar-refractivity contribution in [1.82, 2.24) is 25.1 Å². The maximum Gasteiger partial charge on any atom is 0.225 e. The number of hydrogen-bond donors (Lipinski definition) is 1. The lowest BCUT2D eigenvalue weighted by Gasteiger charge is -2.07. The predicted octanol–water partition coefficient (Wildman–Crippen LogP) is 2.44. The fourth-order valence-corrected chi connectivity index (χ4v) is 1.80. The summed E-state index contributed by atoms with van der Waals surface area (Å²) < 4.78 is 12.9. The molecule has 6 nitrogen and oxygen atoms in total. The maximum absolute atomic E-state index is 12.9. The van der Waals surface area contributed by atoms with Gasteiger partial charge >= 0.3 is 0 Å². The van der Waals surface area contributed by atoms with Gasteiger partial charge in [-0.1, -0.05) is 0 Å². The van der Waals surface area contributed by atoms with E-state index in [2.05, 4.69) is 30.5 Å². The zero-order valence-electron chi connectivity index (χ0n) is 11.6. The van der Waals surface area contributed by atoms with Crippen LogP contribution in [0.5, 0.6) is 0 Å². The smallest absolute Gasteiger partial charge is 0.225 e. The minimum atomic E-state index is -0.305. The molecule has 0 radical (unpaired) electrons. The van der Waals surface area contributed by atoms with Gasteiger partial charge in [0, 0.05) is 11.6 Å². The molecule has 1 aromatic carbocycles. The molecule has 0 aliphatic heterocycles. The Morgan fingerprint density at radius 1 is 1.05 bits per heavy atom. The molecule has 106 valence electrons. The fourth-order valence-electron chi connectivity index (χ4n) is 1.80. The molecule has 0 saturated carbocycles.